The number of carbonyl (C=O) groups is 1. The maximum atomic E-state index is 13.1. The number of nitrogens with one attached hydrogen (secondary N) is 3. The van der Waals surface area contributed by atoms with Crippen molar-refractivity contribution in [3.05, 3.63) is 70.4 Å². The second-order valence-corrected chi connectivity index (χ2v) is 9.01. The Labute approximate surface area is 179 Å². The lowest BCUT2D eigenvalue weighted by Crippen LogP contribution is -2.82. The van der Waals surface area contributed by atoms with Crippen LogP contribution >= 0.6 is 11.6 Å². The summed E-state index contributed by atoms with van der Waals surface area (Å²) in [5, 5.41) is 7.20. The van der Waals surface area contributed by atoms with Crippen molar-refractivity contribution in [3.63, 3.8) is 0 Å². The number of ketones is 1. The Morgan fingerprint density at radius 3 is 2.83 bits per heavy atom. The molecule has 1 atom stereocenters. The Balaban J connectivity index is 1.55. The molecule has 1 aliphatic carbocycles. The van der Waals surface area contributed by atoms with E-state index in [-0.39, 0.29) is 17.2 Å². The fourth-order valence-electron chi connectivity index (χ4n) is 4.22. The van der Waals surface area contributed by atoms with E-state index in [4.69, 9.17) is 16.0 Å². The molecule has 30 heavy (non-hydrogen) atoms. The number of carbonyl (C=O) groups excluding carboxylic acids is 1. The molecule has 0 radical (unpaired) electrons. The zero-order chi connectivity index (χ0) is 20.9. The van der Waals surface area contributed by atoms with Gasteiger partial charge < -0.3 is 4.42 Å². The minimum absolute atomic E-state index is 0.109. The third-order valence-electron chi connectivity index (χ3n) is 5.48. The molecule has 3 N–H and O–H groups in total. The van der Waals surface area contributed by atoms with Gasteiger partial charge in [0.2, 0.25) is 0 Å². The van der Waals surface area contributed by atoms with E-state index in [0.717, 1.165) is 28.8 Å². The Bertz CT molecular complexity index is 1190. The van der Waals surface area contributed by atoms with Gasteiger partial charge >= 0.3 is 12.0 Å². The number of aromatic nitrogens is 1. The van der Waals surface area contributed by atoms with Gasteiger partial charge in [0, 0.05) is 17.9 Å². The number of Topliss-reactive ketones (excluding diaryl/α,β-unsaturated/α-hetero) is 1. The third-order valence-corrected chi connectivity index (χ3v) is 5.72. The second-order valence-electron chi connectivity index (χ2n) is 8.58. The maximum absolute atomic E-state index is 13.1. The van der Waals surface area contributed by atoms with Gasteiger partial charge in [0.1, 0.15) is 11.6 Å². The fraction of sp³-hybridized carbons (Fsp3) is 0.261. The average molecular weight is 422 g/mol. The van der Waals surface area contributed by atoms with Gasteiger partial charge in [-0.25, -0.2) is 5.32 Å². The number of nitrogens with zero attached hydrogens (tertiary/aromatic N) is 1. The first-order chi connectivity index (χ1) is 14.4. The molecule has 0 amide bonds. The van der Waals surface area contributed by atoms with Crippen molar-refractivity contribution in [3.8, 4) is 0 Å². The van der Waals surface area contributed by atoms with E-state index in [0.29, 0.717) is 29.0 Å². The number of benzene rings is 2. The van der Waals surface area contributed by atoms with Crippen LogP contribution in [0.1, 0.15) is 38.3 Å². The van der Waals surface area contributed by atoms with Crippen LogP contribution < -0.4 is 15.6 Å². The summed E-state index contributed by atoms with van der Waals surface area (Å²) in [5.41, 5.74) is 3.98. The molecule has 1 aromatic heterocycles. The van der Waals surface area contributed by atoms with Gasteiger partial charge in [-0.2, -0.15) is 10.3 Å². The first kappa shape index (κ1) is 18.9. The number of hydrogen-bond acceptors (Lipinski definition) is 5. The highest BCUT2D eigenvalue weighted by Crippen LogP contribution is 2.39. The van der Waals surface area contributed by atoms with Crippen LogP contribution in [0.5, 0.6) is 0 Å². The molecule has 6 nitrogen and oxygen atoms in total. The molecule has 0 saturated heterocycles. The van der Waals surface area contributed by atoms with E-state index in [1.54, 1.807) is 0 Å². The lowest BCUT2D eigenvalue weighted by molar-refractivity contribution is -0.502. The fourth-order valence-corrected chi connectivity index (χ4v) is 4.42. The predicted molar refractivity (Wildman–Crippen MR) is 116 cm³/mol. The van der Waals surface area contributed by atoms with E-state index in [1.165, 1.54) is 0 Å². The van der Waals surface area contributed by atoms with E-state index in [1.807, 2.05) is 48.5 Å². The van der Waals surface area contributed by atoms with Crippen molar-refractivity contribution in [2.24, 2.45) is 5.41 Å². The molecule has 2 aromatic carbocycles. The standard InChI is InChI=1S/C23H21ClN4O2/c1-23(2)11-16-19(17(29)12-23)20(13-6-5-7-14(24)10-13)27-21(25-16)28-22-26-15-8-3-4-9-18(15)30-22/h3-10,20H,11-12H2,1-2H3,(H2,25,26,27,28)/p+1/t20-/m0/s1. The SMILES string of the molecule is CC1(C)CC(=O)C2=C(C1)NC(Nc1nc3ccccc3o1)=[NH+][C@H]2c1cccc(Cl)c1. The zero-order valence-electron chi connectivity index (χ0n) is 16.8. The quantitative estimate of drug-likeness (QED) is 0.591. The van der Waals surface area contributed by atoms with Crippen molar-refractivity contribution in [2.45, 2.75) is 32.7 Å². The molecule has 0 bridgehead atoms. The molecule has 7 heteroatoms. The van der Waals surface area contributed by atoms with Crippen LogP contribution in [-0.2, 0) is 4.79 Å². The van der Waals surface area contributed by atoms with Crippen LogP contribution in [0.15, 0.2) is 64.2 Å². The van der Waals surface area contributed by atoms with Crippen molar-refractivity contribution < 1.29 is 14.2 Å². The summed E-state index contributed by atoms with van der Waals surface area (Å²) in [6, 6.07) is 15.2. The molecule has 5 rings (SSSR count). The number of anilines is 1. The van der Waals surface area contributed by atoms with Crippen molar-refractivity contribution >= 4 is 40.5 Å². The summed E-state index contributed by atoms with van der Waals surface area (Å²) in [5.74, 6) is 0.767. The number of guanidine groups is 1. The summed E-state index contributed by atoms with van der Waals surface area (Å²) in [6.45, 7) is 4.22. The Hall–Kier alpha value is -3.12. The number of allylic oxidation sites excluding steroid dienone is 1. The molecule has 3 aromatic rings. The van der Waals surface area contributed by atoms with Gasteiger partial charge in [0.05, 0.1) is 11.3 Å². The predicted octanol–water partition coefficient (Wildman–Crippen LogP) is 3.32. The van der Waals surface area contributed by atoms with Crippen LogP contribution in [0, 0.1) is 5.41 Å². The summed E-state index contributed by atoms with van der Waals surface area (Å²) in [4.78, 5) is 21.0. The zero-order valence-corrected chi connectivity index (χ0v) is 17.5. The van der Waals surface area contributed by atoms with Crippen LogP contribution in [0.2, 0.25) is 5.02 Å². The lowest BCUT2D eigenvalue weighted by atomic mass is 9.73. The van der Waals surface area contributed by atoms with E-state index in [2.05, 4.69) is 34.5 Å². The molecule has 152 valence electrons. The molecule has 2 heterocycles. The first-order valence-corrected chi connectivity index (χ1v) is 10.3. The molecule has 0 saturated carbocycles. The summed E-state index contributed by atoms with van der Waals surface area (Å²) < 4.78 is 5.80. The normalized spacial score (nSPS) is 20.6. The maximum Gasteiger partial charge on any atom is 0.365 e. The molecular weight excluding hydrogens is 400 g/mol. The Morgan fingerprint density at radius 1 is 1.20 bits per heavy atom. The summed E-state index contributed by atoms with van der Waals surface area (Å²) in [6.07, 6.45) is 1.28. The minimum atomic E-state index is -0.310. The topological polar surface area (TPSA) is 81.1 Å². The van der Waals surface area contributed by atoms with Crippen LogP contribution in [0.3, 0.4) is 0 Å². The summed E-state index contributed by atoms with van der Waals surface area (Å²) >= 11 is 6.24. The molecule has 1 aliphatic heterocycles. The monoisotopic (exact) mass is 421 g/mol. The molecule has 2 aliphatic rings. The van der Waals surface area contributed by atoms with Gasteiger partial charge in [0.15, 0.2) is 11.4 Å². The number of halogens is 1. The van der Waals surface area contributed by atoms with Crippen LogP contribution in [0.4, 0.5) is 6.01 Å². The lowest BCUT2D eigenvalue weighted by Gasteiger charge is -2.34. The van der Waals surface area contributed by atoms with E-state index >= 15 is 0 Å². The molecular formula is C23H22ClN4O2+. The number of hydrogen-bond donors (Lipinski definition) is 3. The summed E-state index contributed by atoms with van der Waals surface area (Å²) in [7, 11) is 0. The van der Waals surface area contributed by atoms with Gasteiger partial charge in [-0.3, -0.25) is 9.79 Å². The van der Waals surface area contributed by atoms with E-state index < -0.39 is 0 Å². The smallest absolute Gasteiger partial charge is 0.365 e. The number of rotatable bonds is 2. The highest BCUT2D eigenvalue weighted by molar-refractivity contribution is 6.30. The number of fused-ring (bicyclic) bond motifs is 1. The van der Waals surface area contributed by atoms with Crippen LogP contribution in [-0.4, -0.2) is 16.7 Å². The van der Waals surface area contributed by atoms with Crippen molar-refractivity contribution in [2.75, 3.05) is 5.32 Å². The Morgan fingerprint density at radius 2 is 2.03 bits per heavy atom. The van der Waals surface area contributed by atoms with Gasteiger partial charge in [-0.1, -0.05) is 49.7 Å². The van der Waals surface area contributed by atoms with Crippen LogP contribution in [0.25, 0.3) is 11.1 Å². The molecule has 0 unspecified atom stereocenters. The number of oxazole rings is 1. The Kier molecular flexibility index (Phi) is 4.40. The second kappa shape index (κ2) is 6.99. The average Bonchev–Trinajstić information content (AvgIpc) is 3.08. The van der Waals surface area contributed by atoms with E-state index in [9.17, 15) is 4.79 Å². The number of para-hydroxylation sites is 2. The highest BCUT2D eigenvalue weighted by atomic mass is 35.5. The van der Waals surface area contributed by atoms with Gasteiger partial charge in [-0.15, -0.1) is 0 Å². The van der Waals surface area contributed by atoms with Gasteiger partial charge in [-0.05, 0) is 35.2 Å². The first-order valence-electron chi connectivity index (χ1n) is 9.93. The highest BCUT2D eigenvalue weighted by Gasteiger charge is 2.42. The largest absolute Gasteiger partial charge is 0.412 e. The third kappa shape index (κ3) is 3.48. The van der Waals surface area contributed by atoms with Crippen molar-refractivity contribution in [1.82, 2.24) is 10.3 Å². The molecule has 0 fully saturated rings. The van der Waals surface area contributed by atoms with Gasteiger partial charge in [0.25, 0.3) is 0 Å². The van der Waals surface area contributed by atoms with Crippen molar-refractivity contribution in [1.29, 1.82) is 0 Å². The molecule has 0 spiro atoms. The minimum Gasteiger partial charge on any atom is -0.412 e.